The van der Waals surface area contributed by atoms with E-state index in [0.29, 0.717) is 16.1 Å². The Hall–Kier alpha value is -3.71. The Bertz CT molecular complexity index is 1220. The summed E-state index contributed by atoms with van der Waals surface area (Å²) in [4.78, 5) is 65.7. The molecule has 1 saturated heterocycles. The van der Waals surface area contributed by atoms with Crippen LogP contribution in [0.25, 0.3) is 11.4 Å². The van der Waals surface area contributed by atoms with Crippen LogP contribution in [0.4, 0.5) is 4.79 Å². The minimum Gasteiger partial charge on any atom is -0.481 e. The zero-order valence-electron chi connectivity index (χ0n) is 23.0. The van der Waals surface area contributed by atoms with Gasteiger partial charge in [0.05, 0.1) is 19.7 Å². The first-order valence-corrected chi connectivity index (χ1v) is 14.7. The SMILES string of the molecule is CCOC(=O)ON1CCN(C(=O)[C@H](CCC(=O)O)NC(=O)c2cc(SC3CCCC3)nc(-c3ccccc3)n2)CC1. The number of thioether (sulfide) groups is 1. The van der Waals surface area contributed by atoms with Gasteiger partial charge in [0.15, 0.2) is 5.82 Å². The van der Waals surface area contributed by atoms with Crippen LogP contribution < -0.4 is 5.32 Å². The summed E-state index contributed by atoms with van der Waals surface area (Å²) in [5.74, 6) is -1.66. The maximum atomic E-state index is 13.5. The zero-order valence-corrected chi connectivity index (χ0v) is 23.8. The minimum absolute atomic E-state index is 0.0836. The van der Waals surface area contributed by atoms with E-state index in [2.05, 4.69) is 10.3 Å². The largest absolute Gasteiger partial charge is 0.527 e. The van der Waals surface area contributed by atoms with E-state index >= 15 is 0 Å². The smallest absolute Gasteiger partial charge is 0.481 e. The highest BCUT2D eigenvalue weighted by Gasteiger charge is 2.31. The molecule has 1 saturated carbocycles. The number of hydrogen-bond donors (Lipinski definition) is 2. The first-order chi connectivity index (χ1) is 19.8. The van der Waals surface area contributed by atoms with Crippen LogP contribution in [0.1, 0.15) is 55.9 Å². The topological polar surface area (TPSA) is 151 Å². The number of benzene rings is 1. The van der Waals surface area contributed by atoms with Gasteiger partial charge in [-0.05, 0) is 26.2 Å². The molecule has 4 rings (SSSR count). The molecule has 1 aliphatic heterocycles. The summed E-state index contributed by atoms with van der Waals surface area (Å²) in [5, 5.41) is 14.5. The molecule has 1 atom stereocenters. The van der Waals surface area contributed by atoms with Crippen LogP contribution in [0.2, 0.25) is 0 Å². The number of nitrogens with one attached hydrogen (secondary N) is 1. The van der Waals surface area contributed by atoms with Crippen LogP contribution in [0, 0.1) is 0 Å². The standard InChI is InChI=1S/C28H35N5O7S/c1-2-39-28(38)40-33-16-14-32(15-17-33)27(37)21(12-13-24(34)35)30-26(36)22-18-23(41-20-10-6-7-11-20)31-25(29-22)19-8-4-3-5-9-19/h3-5,8-9,18,20-21H,2,6-7,10-17H2,1H3,(H,30,36)(H,34,35)/t21-/m0/s1. The molecular weight excluding hydrogens is 550 g/mol. The molecule has 0 unspecified atom stereocenters. The third-order valence-electron chi connectivity index (χ3n) is 6.82. The van der Waals surface area contributed by atoms with Gasteiger partial charge in [-0.1, -0.05) is 43.2 Å². The molecule has 2 amide bonds. The second-order valence-electron chi connectivity index (χ2n) is 9.79. The van der Waals surface area contributed by atoms with Crippen molar-refractivity contribution in [2.45, 2.75) is 61.8 Å². The van der Waals surface area contributed by atoms with Gasteiger partial charge in [-0.25, -0.2) is 14.8 Å². The summed E-state index contributed by atoms with van der Waals surface area (Å²) >= 11 is 1.63. The van der Waals surface area contributed by atoms with Crippen molar-refractivity contribution in [3.8, 4) is 11.4 Å². The van der Waals surface area contributed by atoms with Crippen LogP contribution in [0.5, 0.6) is 0 Å². The van der Waals surface area contributed by atoms with Crippen LogP contribution in [0.15, 0.2) is 41.4 Å². The Kier molecular flexibility index (Phi) is 10.9. The van der Waals surface area contributed by atoms with Crippen molar-refractivity contribution in [2.75, 3.05) is 32.8 Å². The summed E-state index contributed by atoms with van der Waals surface area (Å²) in [7, 11) is 0. The van der Waals surface area contributed by atoms with Crippen molar-refractivity contribution in [1.29, 1.82) is 0 Å². The zero-order chi connectivity index (χ0) is 29.2. The minimum atomic E-state index is -1.08. The van der Waals surface area contributed by atoms with E-state index < -0.39 is 30.0 Å². The third kappa shape index (κ3) is 8.89. The van der Waals surface area contributed by atoms with Crippen molar-refractivity contribution in [2.24, 2.45) is 0 Å². The van der Waals surface area contributed by atoms with Gasteiger partial charge in [-0.2, -0.15) is 0 Å². The van der Waals surface area contributed by atoms with Gasteiger partial charge in [0.2, 0.25) is 5.91 Å². The lowest BCUT2D eigenvalue weighted by atomic mass is 10.1. The normalized spacial score (nSPS) is 16.7. The number of carboxylic acids is 1. The fraction of sp³-hybridized carbons (Fsp3) is 0.500. The molecule has 41 heavy (non-hydrogen) atoms. The van der Waals surface area contributed by atoms with Crippen molar-refractivity contribution in [3.63, 3.8) is 0 Å². The van der Waals surface area contributed by atoms with Crippen LogP contribution in [0.3, 0.4) is 0 Å². The molecule has 0 bridgehead atoms. The molecule has 2 heterocycles. The van der Waals surface area contributed by atoms with Gasteiger partial charge in [-0.3, -0.25) is 14.4 Å². The quantitative estimate of drug-likeness (QED) is 0.295. The van der Waals surface area contributed by atoms with E-state index in [0.717, 1.165) is 31.2 Å². The Morgan fingerprint density at radius 1 is 1.07 bits per heavy atom. The second kappa shape index (κ2) is 14.8. The molecule has 1 aromatic heterocycles. The highest BCUT2D eigenvalue weighted by atomic mass is 32.2. The van der Waals surface area contributed by atoms with E-state index in [-0.39, 0.29) is 51.3 Å². The van der Waals surface area contributed by atoms with Gasteiger partial charge in [0.25, 0.3) is 5.91 Å². The number of nitrogens with zero attached hydrogens (tertiary/aromatic N) is 4. The molecule has 1 aromatic carbocycles. The number of ether oxygens (including phenoxy) is 1. The highest BCUT2D eigenvalue weighted by molar-refractivity contribution is 7.99. The second-order valence-corrected chi connectivity index (χ2v) is 11.1. The van der Waals surface area contributed by atoms with Gasteiger partial charge in [-0.15, -0.1) is 16.8 Å². The molecular formula is C28H35N5O7S. The lowest BCUT2D eigenvalue weighted by Gasteiger charge is -2.35. The fourth-order valence-corrected chi connectivity index (χ4v) is 5.95. The van der Waals surface area contributed by atoms with E-state index in [4.69, 9.17) is 14.6 Å². The van der Waals surface area contributed by atoms with Crippen molar-refractivity contribution in [1.82, 2.24) is 25.2 Å². The van der Waals surface area contributed by atoms with E-state index in [1.807, 2.05) is 30.3 Å². The maximum absolute atomic E-state index is 13.5. The van der Waals surface area contributed by atoms with Crippen LogP contribution in [-0.4, -0.2) is 93.1 Å². The first kappa shape index (κ1) is 30.3. The average Bonchev–Trinajstić information content (AvgIpc) is 3.48. The number of aromatic nitrogens is 2. The Labute approximate surface area is 242 Å². The monoisotopic (exact) mass is 585 g/mol. The molecule has 13 heteroatoms. The summed E-state index contributed by atoms with van der Waals surface area (Å²) in [5.41, 5.74) is 0.872. The van der Waals surface area contributed by atoms with Crippen LogP contribution >= 0.6 is 11.8 Å². The number of hydroxylamine groups is 2. The number of carbonyl (C=O) groups excluding carboxylic acids is 3. The molecule has 2 aliphatic rings. The van der Waals surface area contributed by atoms with Crippen molar-refractivity contribution >= 4 is 35.7 Å². The highest BCUT2D eigenvalue weighted by Crippen LogP contribution is 2.34. The Morgan fingerprint density at radius 2 is 1.78 bits per heavy atom. The van der Waals surface area contributed by atoms with Crippen molar-refractivity contribution in [3.05, 3.63) is 42.1 Å². The summed E-state index contributed by atoms with van der Waals surface area (Å²) < 4.78 is 4.78. The summed E-state index contributed by atoms with van der Waals surface area (Å²) in [6.45, 7) is 2.80. The molecule has 0 radical (unpaired) electrons. The number of rotatable bonds is 11. The van der Waals surface area contributed by atoms with Gasteiger partial charge >= 0.3 is 12.1 Å². The van der Waals surface area contributed by atoms with Crippen molar-refractivity contribution < 1.29 is 33.9 Å². The van der Waals surface area contributed by atoms with E-state index in [1.54, 1.807) is 24.8 Å². The Morgan fingerprint density at radius 3 is 2.44 bits per heavy atom. The maximum Gasteiger partial charge on any atom is 0.527 e. The summed E-state index contributed by atoms with van der Waals surface area (Å²) in [6.07, 6.45) is 3.30. The van der Waals surface area contributed by atoms with Gasteiger partial charge in [0, 0.05) is 36.4 Å². The first-order valence-electron chi connectivity index (χ1n) is 13.8. The lowest BCUT2D eigenvalue weighted by Crippen LogP contribution is -2.55. The van der Waals surface area contributed by atoms with Gasteiger partial charge in [0.1, 0.15) is 16.8 Å². The predicted molar refractivity (Wildman–Crippen MR) is 150 cm³/mol. The molecule has 2 aromatic rings. The van der Waals surface area contributed by atoms with Crippen LogP contribution in [-0.2, 0) is 19.2 Å². The molecule has 2 fully saturated rings. The molecule has 1 aliphatic carbocycles. The number of amides is 2. The number of hydrogen-bond acceptors (Lipinski definition) is 10. The molecule has 12 nitrogen and oxygen atoms in total. The van der Waals surface area contributed by atoms with E-state index in [1.165, 1.54) is 9.96 Å². The average molecular weight is 586 g/mol. The number of carboxylic acid groups (broad SMARTS) is 1. The lowest BCUT2D eigenvalue weighted by molar-refractivity contribution is -0.157. The summed E-state index contributed by atoms with van der Waals surface area (Å²) in [6, 6.07) is 9.92. The third-order valence-corrected chi connectivity index (χ3v) is 8.08. The fourth-order valence-electron chi connectivity index (χ4n) is 4.72. The predicted octanol–water partition coefficient (Wildman–Crippen LogP) is 3.37. The molecule has 220 valence electrons. The van der Waals surface area contributed by atoms with Gasteiger partial charge < -0.3 is 24.9 Å². The number of carbonyl (C=O) groups is 4. The Balaban J connectivity index is 1.49. The van der Waals surface area contributed by atoms with E-state index in [9.17, 15) is 24.3 Å². The molecule has 0 spiro atoms. The molecule has 2 N–H and O–H groups in total. The number of piperazine rings is 1. The number of aliphatic carboxylic acids is 1.